The van der Waals surface area contributed by atoms with Crippen LogP contribution >= 0.6 is 11.3 Å². The highest BCUT2D eigenvalue weighted by molar-refractivity contribution is 7.14. The van der Waals surface area contributed by atoms with Crippen molar-refractivity contribution < 1.29 is 9.90 Å². The summed E-state index contributed by atoms with van der Waals surface area (Å²) < 4.78 is 0. The van der Waals surface area contributed by atoms with Crippen molar-refractivity contribution in [2.24, 2.45) is 0 Å². The average molecular weight is 365 g/mol. The van der Waals surface area contributed by atoms with E-state index in [4.69, 9.17) is 0 Å². The van der Waals surface area contributed by atoms with E-state index in [2.05, 4.69) is 15.3 Å². The molecule has 1 aliphatic carbocycles. The minimum atomic E-state index is -0.114. The standard InChI is InChI=1S/C20H19N3O2S/c24-16-7-4-6-14(9-16)19-21-11-15(12-22-19)23-20(25)18-10-13-5-2-1-3-8-17(13)26-18/h4,6-7,9-12,24H,1-3,5,8H2,(H,23,25). The van der Waals surface area contributed by atoms with Crippen LogP contribution in [0.1, 0.15) is 39.4 Å². The molecule has 0 atom stereocenters. The van der Waals surface area contributed by atoms with Gasteiger partial charge in [0.15, 0.2) is 5.82 Å². The number of benzene rings is 1. The van der Waals surface area contributed by atoms with E-state index in [1.165, 1.54) is 29.7 Å². The fraction of sp³-hybridized carbons (Fsp3) is 0.250. The molecule has 132 valence electrons. The van der Waals surface area contributed by atoms with Gasteiger partial charge in [0.2, 0.25) is 0 Å². The van der Waals surface area contributed by atoms with Crippen LogP contribution in [0.4, 0.5) is 5.69 Å². The summed E-state index contributed by atoms with van der Waals surface area (Å²) in [5.41, 5.74) is 2.61. The van der Waals surface area contributed by atoms with Gasteiger partial charge in [0, 0.05) is 10.4 Å². The Balaban J connectivity index is 1.48. The predicted molar refractivity (Wildman–Crippen MR) is 103 cm³/mol. The minimum absolute atomic E-state index is 0.114. The van der Waals surface area contributed by atoms with Gasteiger partial charge in [0.05, 0.1) is 23.0 Å². The van der Waals surface area contributed by atoms with Gasteiger partial charge in [-0.05, 0) is 49.4 Å². The Bertz CT molecular complexity index is 911. The maximum absolute atomic E-state index is 12.5. The molecule has 0 fully saturated rings. The van der Waals surface area contributed by atoms with E-state index in [1.54, 1.807) is 41.9 Å². The molecule has 26 heavy (non-hydrogen) atoms. The van der Waals surface area contributed by atoms with Crippen LogP contribution in [0.2, 0.25) is 0 Å². The quantitative estimate of drug-likeness (QED) is 0.673. The highest BCUT2D eigenvalue weighted by Gasteiger charge is 2.16. The summed E-state index contributed by atoms with van der Waals surface area (Å²) in [6, 6.07) is 8.80. The van der Waals surface area contributed by atoms with E-state index in [0.29, 0.717) is 11.5 Å². The third-order valence-electron chi connectivity index (χ3n) is 4.48. The minimum Gasteiger partial charge on any atom is -0.508 e. The Labute approximate surface area is 155 Å². The van der Waals surface area contributed by atoms with Crippen molar-refractivity contribution >= 4 is 22.9 Å². The van der Waals surface area contributed by atoms with E-state index in [-0.39, 0.29) is 11.7 Å². The van der Waals surface area contributed by atoms with Crippen molar-refractivity contribution in [2.75, 3.05) is 5.32 Å². The molecule has 2 N–H and O–H groups in total. The number of fused-ring (bicyclic) bond motifs is 1. The zero-order valence-electron chi connectivity index (χ0n) is 14.2. The summed E-state index contributed by atoms with van der Waals surface area (Å²) >= 11 is 1.60. The summed E-state index contributed by atoms with van der Waals surface area (Å²) in [6.45, 7) is 0. The number of rotatable bonds is 3. The van der Waals surface area contributed by atoms with E-state index in [0.717, 1.165) is 23.3 Å². The highest BCUT2D eigenvalue weighted by Crippen LogP contribution is 2.29. The molecule has 4 rings (SSSR count). The number of thiophene rings is 1. The first-order chi connectivity index (χ1) is 12.7. The summed E-state index contributed by atoms with van der Waals surface area (Å²) in [5, 5.41) is 12.4. The van der Waals surface area contributed by atoms with Crippen LogP contribution < -0.4 is 5.32 Å². The second kappa shape index (κ2) is 7.25. The molecule has 0 saturated carbocycles. The number of nitrogens with one attached hydrogen (secondary N) is 1. The molecular formula is C20H19N3O2S. The average Bonchev–Trinajstić information content (AvgIpc) is 2.93. The van der Waals surface area contributed by atoms with Gasteiger partial charge in [-0.2, -0.15) is 0 Å². The molecule has 1 amide bonds. The number of aromatic hydroxyl groups is 1. The summed E-state index contributed by atoms with van der Waals surface area (Å²) in [5.74, 6) is 0.555. The number of nitrogens with zero attached hydrogens (tertiary/aromatic N) is 2. The first-order valence-electron chi connectivity index (χ1n) is 8.73. The topological polar surface area (TPSA) is 75.1 Å². The third kappa shape index (κ3) is 3.60. The fourth-order valence-corrected chi connectivity index (χ4v) is 4.31. The number of amides is 1. The number of aromatic nitrogens is 2. The summed E-state index contributed by atoms with van der Waals surface area (Å²) in [7, 11) is 0. The number of carbonyl (C=O) groups excluding carboxylic acids is 1. The van der Waals surface area contributed by atoms with Crippen LogP contribution in [-0.2, 0) is 12.8 Å². The van der Waals surface area contributed by atoms with Crippen LogP contribution in [0.25, 0.3) is 11.4 Å². The van der Waals surface area contributed by atoms with Crippen LogP contribution in [0.3, 0.4) is 0 Å². The SMILES string of the molecule is O=C(Nc1cnc(-c2cccc(O)c2)nc1)c1cc2c(s1)CCCCC2. The number of anilines is 1. The second-order valence-electron chi connectivity index (χ2n) is 6.42. The van der Waals surface area contributed by atoms with Gasteiger partial charge in [-0.15, -0.1) is 11.3 Å². The zero-order valence-corrected chi connectivity index (χ0v) is 15.1. The number of hydrogen-bond donors (Lipinski definition) is 2. The lowest BCUT2D eigenvalue weighted by atomic mass is 10.1. The van der Waals surface area contributed by atoms with Crippen molar-refractivity contribution in [3.05, 3.63) is 58.0 Å². The molecule has 1 aromatic carbocycles. The highest BCUT2D eigenvalue weighted by atomic mass is 32.1. The van der Waals surface area contributed by atoms with Crippen LogP contribution in [0.5, 0.6) is 5.75 Å². The van der Waals surface area contributed by atoms with E-state index in [9.17, 15) is 9.90 Å². The predicted octanol–water partition coefficient (Wildman–Crippen LogP) is 4.43. The lowest BCUT2D eigenvalue weighted by Gasteiger charge is -2.05. The van der Waals surface area contributed by atoms with Crippen LogP contribution in [0.15, 0.2) is 42.7 Å². The van der Waals surface area contributed by atoms with Crippen molar-refractivity contribution in [1.29, 1.82) is 0 Å². The van der Waals surface area contributed by atoms with Crippen LogP contribution in [0, 0.1) is 0 Å². The van der Waals surface area contributed by atoms with E-state index < -0.39 is 0 Å². The van der Waals surface area contributed by atoms with E-state index in [1.807, 2.05) is 12.1 Å². The Morgan fingerprint density at radius 2 is 1.88 bits per heavy atom. The first kappa shape index (κ1) is 16.7. The Morgan fingerprint density at radius 3 is 2.69 bits per heavy atom. The summed E-state index contributed by atoms with van der Waals surface area (Å²) in [4.78, 5) is 23.2. The molecule has 1 aliphatic rings. The molecule has 0 radical (unpaired) electrons. The van der Waals surface area contributed by atoms with E-state index >= 15 is 0 Å². The Kier molecular flexibility index (Phi) is 4.67. The van der Waals surface area contributed by atoms with Gasteiger partial charge in [-0.25, -0.2) is 9.97 Å². The second-order valence-corrected chi connectivity index (χ2v) is 7.56. The number of hydrogen-bond acceptors (Lipinski definition) is 5. The molecule has 6 heteroatoms. The molecule has 0 unspecified atom stereocenters. The maximum Gasteiger partial charge on any atom is 0.265 e. The van der Waals surface area contributed by atoms with Crippen molar-refractivity contribution in [3.63, 3.8) is 0 Å². The van der Waals surface area contributed by atoms with Gasteiger partial charge in [-0.3, -0.25) is 4.79 Å². The Morgan fingerprint density at radius 1 is 1.08 bits per heavy atom. The maximum atomic E-state index is 12.5. The molecule has 0 bridgehead atoms. The monoisotopic (exact) mass is 365 g/mol. The molecule has 2 heterocycles. The number of phenolic OH excluding ortho intramolecular Hbond substituents is 1. The molecule has 5 nitrogen and oxygen atoms in total. The first-order valence-corrected chi connectivity index (χ1v) is 9.55. The van der Waals surface area contributed by atoms with Gasteiger partial charge in [0.1, 0.15) is 5.75 Å². The molecule has 3 aromatic rings. The molecule has 0 spiro atoms. The van der Waals surface area contributed by atoms with Crippen LogP contribution in [-0.4, -0.2) is 21.0 Å². The van der Waals surface area contributed by atoms with Crippen molar-refractivity contribution in [3.8, 4) is 17.1 Å². The molecular weight excluding hydrogens is 346 g/mol. The zero-order chi connectivity index (χ0) is 17.9. The largest absolute Gasteiger partial charge is 0.508 e. The smallest absolute Gasteiger partial charge is 0.265 e. The lowest BCUT2D eigenvalue weighted by Crippen LogP contribution is -2.10. The fourth-order valence-electron chi connectivity index (χ4n) is 3.16. The Hall–Kier alpha value is -2.73. The van der Waals surface area contributed by atoms with Gasteiger partial charge in [0.25, 0.3) is 5.91 Å². The lowest BCUT2D eigenvalue weighted by molar-refractivity contribution is 0.103. The number of carbonyl (C=O) groups is 1. The molecule has 0 aliphatic heterocycles. The third-order valence-corrected chi connectivity index (χ3v) is 5.72. The van der Waals surface area contributed by atoms with Crippen molar-refractivity contribution in [2.45, 2.75) is 32.1 Å². The number of aryl methyl sites for hydroxylation is 2. The normalized spacial score (nSPS) is 13.7. The van der Waals surface area contributed by atoms with Crippen molar-refractivity contribution in [1.82, 2.24) is 9.97 Å². The van der Waals surface area contributed by atoms with Gasteiger partial charge >= 0.3 is 0 Å². The van der Waals surface area contributed by atoms with Gasteiger partial charge < -0.3 is 10.4 Å². The molecule has 2 aromatic heterocycles. The summed E-state index contributed by atoms with van der Waals surface area (Å²) in [6.07, 6.45) is 9.00. The number of phenols is 1. The van der Waals surface area contributed by atoms with Gasteiger partial charge in [-0.1, -0.05) is 18.6 Å². The molecule has 0 saturated heterocycles.